The maximum Gasteiger partial charge on any atom is 0.0872 e. The van der Waals surface area contributed by atoms with E-state index < -0.39 is 0 Å². The number of unbranched alkanes of at least 4 members (excludes halogenated alkanes) is 9. The van der Waals surface area contributed by atoms with Gasteiger partial charge in [0, 0.05) is 24.7 Å². The first kappa shape index (κ1) is 73.2. The van der Waals surface area contributed by atoms with Crippen LogP contribution in [0.5, 0.6) is 0 Å². The van der Waals surface area contributed by atoms with E-state index in [0.29, 0.717) is 6.61 Å². The lowest BCUT2D eigenvalue weighted by molar-refractivity contribution is 0.0469. The predicted octanol–water partition coefficient (Wildman–Crippen LogP) is 17.7. The summed E-state index contributed by atoms with van der Waals surface area (Å²) < 4.78 is 5.59. The number of aliphatic hydroxyl groups excluding tert-OH is 1. The van der Waals surface area contributed by atoms with Gasteiger partial charge in [-0.3, -0.25) is 0 Å². The average molecular weight is 785 g/mol. The molecule has 0 aliphatic heterocycles. The summed E-state index contributed by atoms with van der Waals surface area (Å²) in [5.74, 6) is 1.82. The van der Waals surface area contributed by atoms with E-state index in [1.54, 1.807) is 21.6 Å². The fourth-order valence-corrected chi connectivity index (χ4v) is 4.91. The molecule has 0 spiro atoms. The second-order valence-corrected chi connectivity index (χ2v) is 15.1. The zero-order chi connectivity index (χ0) is 42.2. The molecule has 0 saturated heterocycles. The second-order valence-electron chi connectivity index (χ2n) is 12.5. The van der Waals surface area contributed by atoms with Gasteiger partial charge in [0.15, 0.2) is 0 Å². The van der Waals surface area contributed by atoms with Crippen LogP contribution < -0.4 is 5.32 Å². The Hall–Kier alpha value is 0.0600. The van der Waals surface area contributed by atoms with Crippen molar-refractivity contribution in [2.75, 3.05) is 38.3 Å². The third kappa shape index (κ3) is 165. The van der Waals surface area contributed by atoms with Crippen LogP contribution in [0.3, 0.4) is 0 Å². The smallest absolute Gasteiger partial charge is 0.0872 e. The van der Waals surface area contributed by atoms with Crippen LogP contribution in [0.15, 0.2) is 24.3 Å². The van der Waals surface area contributed by atoms with E-state index in [9.17, 15) is 5.11 Å². The van der Waals surface area contributed by atoms with Crippen LogP contribution in [0.25, 0.3) is 0 Å². The molecule has 0 rings (SSSR count). The van der Waals surface area contributed by atoms with Gasteiger partial charge in [-0.25, -0.2) is 0 Å². The standard InChI is InChI=1S/C24H47NO2S2.7C3H8.C2H6/c1-3-4-5-6-7-8-9-10-11-12-13-14-15-16-17-18-20-27-22-24(26)23-29-28-21-19-25-2;7*1-3-2;1-2/h7-8,10-11,24-26H,3-6,9,12-23H2,1-2H3;7*3H2,1-2H3;1-2H3/b8-7-,11-10-;;;;;;;;. The molecule has 1 atom stereocenters. The van der Waals surface area contributed by atoms with E-state index in [-0.39, 0.29) is 6.10 Å². The minimum Gasteiger partial charge on any atom is -0.390 e. The van der Waals surface area contributed by atoms with Crippen molar-refractivity contribution in [1.29, 1.82) is 0 Å². The Labute approximate surface area is 343 Å². The van der Waals surface area contributed by atoms with Gasteiger partial charge in [0.25, 0.3) is 0 Å². The maximum absolute atomic E-state index is 9.86. The van der Waals surface area contributed by atoms with Crippen LogP contribution in [0.1, 0.15) is 240 Å². The third-order valence-electron chi connectivity index (χ3n) is 4.58. The van der Waals surface area contributed by atoms with Crippen LogP contribution in [-0.4, -0.2) is 49.5 Å². The number of nitrogens with one attached hydrogen (secondary N) is 1. The molecule has 0 aromatic carbocycles. The monoisotopic (exact) mass is 784 g/mol. The molecule has 0 heterocycles. The number of aliphatic hydroxyl groups is 1. The summed E-state index contributed by atoms with van der Waals surface area (Å²) in [6.45, 7) is 38.3. The minimum atomic E-state index is -0.341. The number of rotatable bonds is 23. The highest BCUT2D eigenvalue weighted by Gasteiger charge is 2.04. The van der Waals surface area contributed by atoms with E-state index in [2.05, 4.69) is 133 Å². The van der Waals surface area contributed by atoms with Crippen molar-refractivity contribution in [2.24, 2.45) is 0 Å². The maximum atomic E-state index is 9.86. The lowest BCUT2D eigenvalue weighted by Gasteiger charge is -2.10. The molecule has 0 saturated carbocycles. The van der Waals surface area contributed by atoms with E-state index in [1.165, 1.54) is 109 Å². The van der Waals surface area contributed by atoms with Crippen molar-refractivity contribution in [3.8, 4) is 0 Å². The molecule has 0 aromatic rings. The zero-order valence-electron chi connectivity index (χ0n) is 40.0. The second kappa shape index (κ2) is 104. The summed E-state index contributed by atoms with van der Waals surface area (Å²) in [6.07, 6.45) is 32.9. The summed E-state index contributed by atoms with van der Waals surface area (Å²) in [7, 11) is 5.49. The Bertz CT molecular complexity index is 443. The van der Waals surface area contributed by atoms with Crippen molar-refractivity contribution in [3.63, 3.8) is 0 Å². The van der Waals surface area contributed by atoms with Crippen molar-refractivity contribution >= 4 is 21.6 Å². The van der Waals surface area contributed by atoms with Crippen LogP contribution in [-0.2, 0) is 4.74 Å². The lowest BCUT2D eigenvalue weighted by Crippen LogP contribution is -2.18. The number of hydrogen-bond donors (Lipinski definition) is 2. The van der Waals surface area contributed by atoms with Gasteiger partial charge in [-0.05, 0) is 45.6 Å². The highest BCUT2D eigenvalue weighted by Crippen LogP contribution is 2.21. The summed E-state index contributed by atoms with van der Waals surface area (Å²) >= 11 is 0. The largest absolute Gasteiger partial charge is 0.390 e. The number of allylic oxidation sites excluding steroid dienone is 4. The minimum absolute atomic E-state index is 0.341. The van der Waals surface area contributed by atoms with E-state index in [0.717, 1.165) is 37.5 Å². The van der Waals surface area contributed by atoms with Gasteiger partial charge in [-0.1, -0.05) is 247 Å². The molecule has 2 N–H and O–H groups in total. The Balaban J connectivity index is -0.0000000936. The highest BCUT2D eigenvalue weighted by molar-refractivity contribution is 8.76. The fraction of sp³-hybridized carbons (Fsp3) is 0.915. The fourth-order valence-electron chi connectivity index (χ4n) is 2.79. The normalized spacial score (nSPS) is 9.83. The molecule has 5 heteroatoms. The summed E-state index contributed by atoms with van der Waals surface area (Å²) in [6, 6.07) is 0. The van der Waals surface area contributed by atoms with Crippen LogP contribution in [0.2, 0.25) is 0 Å². The van der Waals surface area contributed by atoms with Gasteiger partial charge < -0.3 is 15.2 Å². The molecular weight excluding hydrogens is 675 g/mol. The van der Waals surface area contributed by atoms with E-state index in [1.807, 2.05) is 20.9 Å². The molecule has 1 unspecified atom stereocenters. The van der Waals surface area contributed by atoms with Gasteiger partial charge in [-0.2, -0.15) is 0 Å². The van der Waals surface area contributed by atoms with E-state index in [4.69, 9.17) is 4.74 Å². The Kier molecular flexibility index (Phi) is 147. The topological polar surface area (TPSA) is 41.5 Å². The molecule has 0 aliphatic rings. The highest BCUT2D eigenvalue weighted by atomic mass is 33.1. The van der Waals surface area contributed by atoms with Crippen molar-refractivity contribution < 1.29 is 9.84 Å². The average Bonchev–Trinajstić information content (AvgIpc) is 3.11. The lowest BCUT2D eigenvalue weighted by atomic mass is 10.1. The SMILES string of the molecule is CC.CCC.CCC.CCC.CCC.CCC.CCC.CCC.CCCCC/C=C\C/C=C\CCCCCCCCOCC(O)CSSCCNC. The molecule has 0 fully saturated rings. The number of ether oxygens (including phenoxy) is 1. The third-order valence-corrected chi connectivity index (χ3v) is 7.05. The molecule has 326 valence electrons. The van der Waals surface area contributed by atoms with E-state index >= 15 is 0 Å². The van der Waals surface area contributed by atoms with Crippen LogP contribution in [0.4, 0.5) is 0 Å². The van der Waals surface area contributed by atoms with Gasteiger partial charge in [-0.15, -0.1) is 0 Å². The molecule has 0 radical (unpaired) electrons. The molecule has 0 bridgehead atoms. The van der Waals surface area contributed by atoms with Gasteiger partial charge in [0.2, 0.25) is 0 Å². The van der Waals surface area contributed by atoms with Crippen LogP contribution >= 0.6 is 21.6 Å². The predicted molar refractivity (Wildman–Crippen MR) is 258 cm³/mol. The van der Waals surface area contributed by atoms with Gasteiger partial charge in [0.05, 0.1) is 12.7 Å². The quantitative estimate of drug-likeness (QED) is 0.0614. The summed E-state index contributed by atoms with van der Waals surface area (Å²) in [5, 5.41) is 13.0. The molecule has 0 aromatic heterocycles. The summed E-state index contributed by atoms with van der Waals surface area (Å²) in [5.41, 5.74) is 0. The molecule has 0 aliphatic carbocycles. The molecule has 0 amide bonds. The van der Waals surface area contributed by atoms with Crippen LogP contribution in [0, 0.1) is 0 Å². The first-order valence-corrected chi connectivity index (χ1v) is 25.1. The van der Waals surface area contributed by atoms with Gasteiger partial charge in [0.1, 0.15) is 0 Å². The van der Waals surface area contributed by atoms with Crippen molar-refractivity contribution in [1.82, 2.24) is 5.32 Å². The number of hydrogen-bond acceptors (Lipinski definition) is 5. The van der Waals surface area contributed by atoms with Crippen molar-refractivity contribution in [2.45, 2.75) is 246 Å². The first-order valence-electron chi connectivity index (χ1n) is 22.7. The Morgan fingerprint density at radius 2 is 0.885 bits per heavy atom. The molecule has 3 nitrogen and oxygen atoms in total. The first-order chi connectivity index (χ1) is 25.2. The molecular formula is C47H109NO2S2. The zero-order valence-corrected chi connectivity index (χ0v) is 41.7. The summed E-state index contributed by atoms with van der Waals surface area (Å²) in [4.78, 5) is 0. The Morgan fingerprint density at radius 1 is 0.519 bits per heavy atom. The van der Waals surface area contributed by atoms with Gasteiger partial charge >= 0.3 is 0 Å². The van der Waals surface area contributed by atoms with Crippen molar-refractivity contribution in [3.05, 3.63) is 24.3 Å². The Morgan fingerprint density at radius 3 is 1.27 bits per heavy atom. The molecule has 52 heavy (non-hydrogen) atoms.